The summed E-state index contributed by atoms with van der Waals surface area (Å²) in [6, 6.07) is 0. The van der Waals surface area contributed by atoms with E-state index in [4.69, 9.17) is 0 Å². The van der Waals surface area contributed by atoms with Crippen LogP contribution < -0.4 is 9.80 Å². The summed E-state index contributed by atoms with van der Waals surface area (Å²) in [5.41, 5.74) is -0.0920. The normalized spacial score (nSPS) is 9.87. The second kappa shape index (κ2) is 4.07. The Kier molecular flexibility index (Phi) is 3.03. The standard InChI is InChI=1S/C8H13N5O2/c1-11(2)7-6(13(14)15)5-9-8(10-7)12(3)4/h5H,1-4H3. The average molecular weight is 211 g/mol. The highest BCUT2D eigenvalue weighted by molar-refractivity contribution is 5.58. The number of aromatic nitrogens is 2. The zero-order valence-corrected chi connectivity index (χ0v) is 9.13. The molecular formula is C8H13N5O2. The van der Waals surface area contributed by atoms with Gasteiger partial charge in [0.15, 0.2) is 0 Å². The maximum absolute atomic E-state index is 10.7. The van der Waals surface area contributed by atoms with Crippen LogP contribution in [0.3, 0.4) is 0 Å². The molecule has 0 amide bonds. The summed E-state index contributed by atoms with van der Waals surface area (Å²) < 4.78 is 0. The lowest BCUT2D eigenvalue weighted by Gasteiger charge is -2.15. The van der Waals surface area contributed by atoms with Gasteiger partial charge in [-0.15, -0.1) is 0 Å². The third-order valence-corrected chi connectivity index (χ3v) is 1.76. The van der Waals surface area contributed by atoms with Gasteiger partial charge >= 0.3 is 5.69 Å². The average Bonchev–Trinajstić information content (AvgIpc) is 2.16. The van der Waals surface area contributed by atoms with Crippen LogP contribution >= 0.6 is 0 Å². The Labute approximate surface area is 87.5 Å². The number of hydrogen-bond donors (Lipinski definition) is 0. The summed E-state index contributed by atoms with van der Waals surface area (Å²) in [5.74, 6) is 0.753. The molecule has 0 N–H and O–H groups in total. The molecule has 0 saturated carbocycles. The molecule has 7 heteroatoms. The van der Waals surface area contributed by atoms with Crippen molar-refractivity contribution in [1.29, 1.82) is 0 Å². The van der Waals surface area contributed by atoms with Gasteiger partial charge in [-0.1, -0.05) is 0 Å². The topological polar surface area (TPSA) is 75.4 Å². The van der Waals surface area contributed by atoms with Gasteiger partial charge < -0.3 is 9.80 Å². The van der Waals surface area contributed by atoms with Gasteiger partial charge in [0.2, 0.25) is 11.8 Å². The van der Waals surface area contributed by atoms with Crippen LogP contribution in [0.4, 0.5) is 17.5 Å². The van der Waals surface area contributed by atoms with E-state index in [1.54, 1.807) is 38.0 Å². The third kappa shape index (κ3) is 2.30. The number of nitro groups is 1. The molecule has 1 heterocycles. The first kappa shape index (κ1) is 11.2. The highest BCUT2D eigenvalue weighted by Crippen LogP contribution is 2.24. The molecule has 0 spiro atoms. The fraction of sp³-hybridized carbons (Fsp3) is 0.500. The second-order valence-electron chi connectivity index (χ2n) is 3.42. The zero-order chi connectivity index (χ0) is 11.6. The Morgan fingerprint density at radius 2 is 1.87 bits per heavy atom. The van der Waals surface area contributed by atoms with Gasteiger partial charge in [0.05, 0.1) is 4.92 Å². The molecule has 0 unspecified atom stereocenters. The zero-order valence-electron chi connectivity index (χ0n) is 9.13. The van der Waals surface area contributed by atoms with Gasteiger partial charge in [0.1, 0.15) is 6.20 Å². The number of hydrogen-bond acceptors (Lipinski definition) is 6. The van der Waals surface area contributed by atoms with Crippen molar-refractivity contribution in [3.63, 3.8) is 0 Å². The van der Waals surface area contributed by atoms with Crippen LogP contribution in [0.25, 0.3) is 0 Å². The number of rotatable bonds is 3. The number of anilines is 2. The Hall–Kier alpha value is -1.92. The monoisotopic (exact) mass is 211 g/mol. The molecule has 0 aromatic carbocycles. The van der Waals surface area contributed by atoms with Crippen molar-refractivity contribution in [3.05, 3.63) is 16.3 Å². The van der Waals surface area contributed by atoms with Crippen LogP contribution in [0.1, 0.15) is 0 Å². The smallest absolute Gasteiger partial charge is 0.329 e. The molecule has 15 heavy (non-hydrogen) atoms. The molecule has 0 bridgehead atoms. The van der Waals surface area contributed by atoms with Crippen molar-refractivity contribution in [2.24, 2.45) is 0 Å². The van der Waals surface area contributed by atoms with Gasteiger partial charge in [-0.05, 0) is 0 Å². The molecule has 0 radical (unpaired) electrons. The summed E-state index contributed by atoms with van der Waals surface area (Å²) in [5, 5.41) is 10.7. The predicted molar refractivity (Wildman–Crippen MR) is 57.3 cm³/mol. The largest absolute Gasteiger partial charge is 0.357 e. The molecule has 0 aliphatic rings. The van der Waals surface area contributed by atoms with Crippen LogP contribution in [-0.2, 0) is 0 Å². The molecule has 1 aromatic heterocycles. The summed E-state index contributed by atoms with van der Waals surface area (Å²) >= 11 is 0. The van der Waals surface area contributed by atoms with E-state index in [-0.39, 0.29) is 5.69 Å². The predicted octanol–water partition coefficient (Wildman–Crippen LogP) is 0.517. The van der Waals surface area contributed by atoms with Crippen molar-refractivity contribution in [1.82, 2.24) is 9.97 Å². The van der Waals surface area contributed by atoms with E-state index in [9.17, 15) is 10.1 Å². The van der Waals surface area contributed by atoms with E-state index in [2.05, 4.69) is 9.97 Å². The minimum atomic E-state index is -0.491. The summed E-state index contributed by atoms with van der Waals surface area (Å²) in [4.78, 5) is 21.5. The molecule has 7 nitrogen and oxygen atoms in total. The fourth-order valence-corrected chi connectivity index (χ4v) is 1.03. The van der Waals surface area contributed by atoms with Crippen molar-refractivity contribution in [3.8, 4) is 0 Å². The van der Waals surface area contributed by atoms with E-state index in [1.165, 1.54) is 6.20 Å². The van der Waals surface area contributed by atoms with Gasteiger partial charge in [-0.25, -0.2) is 4.98 Å². The second-order valence-corrected chi connectivity index (χ2v) is 3.42. The third-order valence-electron chi connectivity index (χ3n) is 1.76. The molecule has 0 saturated heterocycles. The fourth-order valence-electron chi connectivity index (χ4n) is 1.03. The van der Waals surface area contributed by atoms with Crippen LogP contribution in [0.5, 0.6) is 0 Å². The molecule has 1 aromatic rings. The Balaban J connectivity index is 3.27. The first-order valence-electron chi connectivity index (χ1n) is 4.29. The van der Waals surface area contributed by atoms with Crippen LogP contribution in [0.15, 0.2) is 6.20 Å². The first-order valence-corrected chi connectivity index (χ1v) is 4.29. The Morgan fingerprint density at radius 1 is 1.27 bits per heavy atom. The maximum Gasteiger partial charge on any atom is 0.329 e. The van der Waals surface area contributed by atoms with E-state index in [0.29, 0.717) is 11.8 Å². The molecule has 0 aliphatic heterocycles. The van der Waals surface area contributed by atoms with Crippen molar-refractivity contribution in [2.45, 2.75) is 0 Å². The van der Waals surface area contributed by atoms with Crippen molar-refractivity contribution in [2.75, 3.05) is 38.0 Å². The Morgan fingerprint density at radius 3 is 2.27 bits per heavy atom. The van der Waals surface area contributed by atoms with E-state index >= 15 is 0 Å². The van der Waals surface area contributed by atoms with E-state index in [1.807, 2.05) is 0 Å². The summed E-state index contributed by atoms with van der Waals surface area (Å²) in [6.45, 7) is 0. The first-order chi connectivity index (χ1) is 6.93. The van der Waals surface area contributed by atoms with E-state index in [0.717, 1.165) is 0 Å². The van der Waals surface area contributed by atoms with Gasteiger partial charge in [0.25, 0.3) is 0 Å². The van der Waals surface area contributed by atoms with Crippen molar-refractivity contribution < 1.29 is 4.92 Å². The highest BCUT2D eigenvalue weighted by Gasteiger charge is 2.19. The molecule has 0 fully saturated rings. The molecule has 0 aliphatic carbocycles. The highest BCUT2D eigenvalue weighted by atomic mass is 16.6. The van der Waals surface area contributed by atoms with E-state index < -0.39 is 4.92 Å². The lowest BCUT2D eigenvalue weighted by molar-refractivity contribution is -0.384. The maximum atomic E-state index is 10.7. The minimum Gasteiger partial charge on any atom is -0.357 e. The molecule has 0 atom stereocenters. The molecule has 82 valence electrons. The van der Waals surface area contributed by atoms with Gasteiger partial charge in [-0.2, -0.15) is 4.98 Å². The number of nitrogens with zero attached hydrogens (tertiary/aromatic N) is 5. The molecule has 1 rings (SSSR count). The lowest BCUT2D eigenvalue weighted by atomic mass is 10.4. The quantitative estimate of drug-likeness (QED) is 0.536. The Bertz CT molecular complexity index is 377. The summed E-state index contributed by atoms with van der Waals surface area (Å²) in [6.07, 6.45) is 1.22. The molecular weight excluding hydrogens is 198 g/mol. The van der Waals surface area contributed by atoms with Gasteiger partial charge in [0, 0.05) is 28.2 Å². The lowest BCUT2D eigenvalue weighted by Crippen LogP contribution is -2.18. The van der Waals surface area contributed by atoms with Crippen LogP contribution in [0, 0.1) is 10.1 Å². The summed E-state index contributed by atoms with van der Waals surface area (Å²) in [7, 11) is 6.96. The van der Waals surface area contributed by atoms with Crippen LogP contribution in [-0.4, -0.2) is 43.1 Å². The van der Waals surface area contributed by atoms with Crippen molar-refractivity contribution >= 4 is 17.5 Å². The minimum absolute atomic E-state index is 0.0920. The SMILES string of the molecule is CN(C)c1ncc([N+](=O)[O-])c(N(C)C)n1. The van der Waals surface area contributed by atoms with Crippen LogP contribution in [0.2, 0.25) is 0 Å². The van der Waals surface area contributed by atoms with Gasteiger partial charge in [-0.3, -0.25) is 10.1 Å².